The van der Waals surface area contributed by atoms with Crippen molar-refractivity contribution in [2.45, 2.75) is 12.5 Å². The van der Waals surface area contributed by atoms with Crippen LogP contribution in [0.5, 0.6) is 5.75 Å². The van der Waals surface area contributed by atoms with E-state index in [-0.39, 0.29) is 6.04 Å². The van der Waals surface area contributed by atoms with Gasteiger partial charge < -0.3 is 20.7 Å². The molecule has 1 atom stereocenters. The SMILES string of the molecule is COc1cccc(C(N)CCN2CCNCC2)c1. The van der Waals surface area contributed by atoms with Gasteiger partial charge in [0.25, 0.3) is 0 Å². The van der Waals surface area contributed by atoms with Crippen molar-refractivity contribution in [1.29, 1.82) is 0 Å². The summed E-state index contributed by atoms with van der Waals surface area (Å²) in [4.78, 5) is 2.47. The Bertz CT molecular complexity index is 364. The molecule has 0 spiro atoms. The van der Waals surface area contributed by atoms with Crippen molar-refractivity contribution in [2.75, 3.05) is 39.8 Å². The van der Waals surface area contributed by atoms with Gasteiger partial charge in [0.2, 0.25) is 0 Å². The number of benzene rings is 1. The number of methoxy groups -OCH3 is 1. The summed E-state index contributed by atoms with van der Waals surface area (Å²) in [5, 5.41) is 3.36. The van der Waals surface area contributed by atoms with Crippen LogP contribution in [-0.2, 0) is 0 Å². The summed E-state index contributed by atoms with van der Waals surface area (Å²) in [6.45, 7) is 5.51. The molecule has 0 aromatic heterocycles. The highest BCUT2D eigenvalue weighted by Crippen LogP contribution is 2.19. The molecular weight excluding hydrogens is 226 g/mol. The van der Waals surface area contributed by atoms with Gasteiger partial charge in [0, 0.05) is 38.8 Å². The summed E-state index contributed by atoms with van der Waals surface area (Å²) in [6.07, 6.45) is 0.993. The number of piperazine rings is 1. The van der Waals surface area contributed by atoms with E-state index in [9.17, 15) is 0 Å². The smallest absolute Gasteiger partial charge is 0.119 e. The van der Waals surface area contributed by atoms with Gasteiger partial charge in [0.15, 0.2) is 0 Å². The molecule has 1 fully saturated rings. The van der Waals surface area contributed by atoms with Crippen molar-refractivity contribution in [3.8, 4) is 5.75 Å². The maximum absolute atomic E-state index is 6.24. The van der Waals surface area contributed by atoms with Crippen LogP contribution in [-0.4, -0.2) is 44.7 Å². The Balaban J connectivity index is 1.84. The van der Waals surface area contributed by atoms with Crippen molar-refractivity contribution >= 4 is 0 Å². The van der Waals surface area contributed by atoms with Crippen molar-refractivity contribution in [2.24, 2.45) is 5.73 Å². The van der Waals surface area contributed by atoms with Crippen LogP contribution in [0.25, 0.3) is 0 Å². The first kappa shape index (κ1) is 13.3. The minimum Gasteiger partial charge on any atom is -0.497 e. The van der Waals surface area contributed by atoms with Crippen molar-refractivity contribution in [3.05, 3.63) is 29.8 Å². The normalized spacial score (nSPS) is 18.6. The van der Waals surface area contributed by atoms with Gasteiger partial charge in [0.05, 0.1) is 7.11 Å². The summed E-state index contributed by atoms with van der Waals surface area (Å²) in [7, 11) is 1.69. The minimum atomic E-state index is 0.0926. The van der Waals surface area contributed by atoms with E-state index >= 15 is 0 Å². The van der Waals surface area contributed by atoms with Crippen LogP contribution in [0.15, 0.2) is 24.3 Å². The van der Waals surface area contributed by atoms with Crippen LogP contribution in [0.3, 0.4) is 0 Å². The molecule has 0 bridgehead atoms. The first-order chi connectivity index (χ1) is 8.79. The lowest BCUT2D eigenvalue weighted by molar-refractivity contribution is 0.233. The van der Waals surface area contributed by atoms with Crippen molar-refractivity contribution in [3.63, 3.8) is 0 Å². The van der Waals surface area contributed by atoms with E-state index in [4.69, 9.17) is 10.5 Å². The van der Waals surface area contributed by atoms with Gasteiger partial charge in [-0.2, -0.15) is 0 Å². The second-order valence-electron chi connectivity index (χ2n) is 4.76. The number of nitrogens with two attached hydrogens (primary N) is 1. The third kappa shape index (κ3) is 3.70. The van der Waals surface area contributed by atoms with Crippen LogP contribution in [0.1, 0.15) is 18.0 Å². The number of nitrogens with one attached hydrogen (secondary N) is 1. The molecule has 2 rings (SSSR count). The molecule has 0 radical (unpaired) electrons. The third-order valence-corrected chi connectivity index (χ3v) is 3.49. The topological polar surface area (TPSA) is 50.5 Å². The van der Waals surface area contributed by atoms with Crippen LogP contribution < -0.4 is 15.8 Å². The van der Waals surface area contributed by atoms with Gasteiger partial charge in [-0.1, -0.05) is 12.1 Å². The van der Waals surface area contributed by atoms with E-state index in [0.717, 1.165) is 50.5 Å². The van der Waals surface area contributed by atoms with Gasteiger partial charge in [0.1, 0.15) is 5.75 Å². The molecule has 1 unspecified atom stereocenters. The molecule has 1 aromatic rings. The van der Waals surface area contributed by atoms with Gasteiger partial charge in [-0.05, 0) is 24.1 Å². The second-order valence-corrected chi connectivity index (χ2v) is 4.76. The molecule has 1 heterocycles. The average Bonchev–Trinajstić information content (AvgIpc) is 2.46. The van der Waals surface area contributed by atoms with Gasteiger partial charge >= 0.3 is 0 Å². The number of rotatable bonds is 5. The highest BCUT2D eigenvalue weighted by molar-refractivity contribution is 5.30. The van der Waals surface area contributed by atoms with E-state index in [1.165, 1.54) is 0 Å². The molecule has 1 saturated heterocycles. The largest absolute Gasteiger partial charge is 0.497 e. The second kappa shape index (κ2) is 6.73. The maximum atomic E-state index is 6.24. The summed E-state index contributed by atoms with van der Waals surface area (Å²) in [6, 6.07) is 8.15. The van der Waals surface area contributed by atoms with Crippen molar-refractivity contribution < 1.29 is 4.74 Å². The molecule has 100 valence electrons. The van der Waals surface area contributed by atoms with E-state index in [1.54, 1.807) is 7.11 Å². The Kier molecular flexibility index (Phi) is 4.99. The summed E-state index contributed by atoms with van der Waals surface area (Å²) in [5.74, 6) is 0.880. The van der Waals surface area contributed by atoms with E-state index < -0.39 is 0 Å². The molecule has 0 aliphatic carbocycles. The Morgan fingerprint density at radius 3 is 2.89 bits per heavy atom. The number of ether oxygens (including phenoxy) is 1. The fraction of sp³-hybridized carbons (Fsp3) is 0.571. The maximum Gasteiger partial charge on any atom is 0.119 e. The lowest BCUT2D eigenvalue weighted by atomic mass is 10.0. The van der Waals surface area contributed by atoms with Gasteiger partial charge in [-0.3, -0.25) is 0 Å². The minimum absolute atomic E-state index is 0.0926. The Hall–Kier alpha value is -1.10. The Morgan fingerprint density at radius 1 is 1.39 bits per heavy atom. The molecule has 0 saturated carbocycles. The molecule has 1 aliphatic heterocycles. The summed E-state index contributed by atoms with van der Waals surface area (Å²) in [5.41, 5.74) is 7.39. The van der Waals surface area contributed by atoms with Crippen LogP contribution in [0.2, 0.25) is 0 Å². The Labute approximate surface area is 109 Å². The number of hydrogen-bond acceptors (Lipinski definition) is 4. The first-order valence-corrected chi connectivity index (χ1v) is 6.62. The van der Waals surface area contributed by atoms with E-state index in [2.05, 4.69) is 16.3 Å². The molecule has 0 amide bonds. The quantitative estimate of drug-likeness (QED) is 0.817. The lowest BCUT2D eigenvalue weighted by Crippen LogP contribution is -2.44. The summed E-state index contributed by atoms with van der Waals surface area (Å²) < 4.78 is 5.23. The molecule has 18 heavy (non-hydrogen) atoms. The first-order valence-electron chi connectivity index (χ1n) is 6.62. The van der Waals surface area contributed by atoms with Crippen molar-refractivity contribution in [1.82, 2.24) is 10.2 Å². The predicted octanol–water partition coefficient (Wildman–Crippen LogP) is 0.990. The fourth-order valence-corrected chi connectivity index (χ4v) is 2.30. The fourth-order valence-electron chi connectivity index (χ4n) is 2.30. The van der Waals surface area contributed by atoms with Gasteiger partial charge in [-0.15, -0.1) is 0 Å². The predicted molar refractivity (Wildman–Crippen MR) is 73.8 cm³/mol. The Morgan fingerprint density at radius 2 is 2.17 bits per heavy atom. The standard InChI is InChI=1S/C14H23N3O/c1-18-13-4-2-3-12(11-13)14(15)5-8-17-9-6-16-7-10-17/h2-4,11,14,16H,5-10,15H2,1H3. The number of hydrogen-bond donors (Lipinski definition) is 2. The highest BCUT2D eigenvalue weighted by atomic mass is 16.5. The lowest BCUT2D eigenvalue weighted by Gasteiger charge is -2.28. The summed E-state index contributed by atoms with van der Waals surface area (Å²) >= 11 is 0. The zero-order valence-corrected chi connectivity index (χ0v) is 11.1. The van der Waals surface area contributed by atoms with Gasteiger partial charge in [-0.25, -0.2) is 0 Å². The van der Waals surface area contributed by atoms with E-state index in [0.29, 0.717) is 0 Å². The monoisotopic (exact) mass is 249 g/mol. The number of nitrogens with zero attached hydrogens (tertiary/aromatic N) is 1. The average molecular weight is 249 g/mol. The molecule has 4 heteroatoms. The molecule has 4 nitrogen and oxygen atoms in total. The highest BCUT2D eigenvalue weighted by Gasteiger charge is 2.12. The van der Waals surface area contributed by atoms with E-state index in [1.807, 2.05) is 18.2 Å². The third-order valence-electron chi connectivity index (χ3n) is 3.49. The van der Waals surface area contributed by atoms with Crippen LogP contribution in [0, 0.1) is 0 Å². The molecule has 3 N–H and O–H groups in total. The molecular formula is C14H23N3O. The molecule has 1 aromatic carbocycles. The zero-order valence-electron chi connectivity index (χ0n) is 11.1. The zero-order chi connectivity index (χ0) is 12.8. The van der Waals surface area contributed by atoms with Crippen LogP contribution in [0.4, 0.5) is 0 Å². The molecule has 1 aliphatic rings. The van der Waals surface area contributed by atoms with Crippen LogP contribution >= 0.6 is 0 Å².